The Hall–Kier alpha value is -4.58. The zero-order valence-electron chi connectivity index (χ0n) is 19.4. The number of rotatable bonds is 6. The van der Waals surface area contributed by atoms with E-state index in [0.717, 1.165) is 16.8 Å². The van der Waals surface area contributed by atoms with Crippen molar-refractivity contribution in [3.05, 3.63) is 125 Å². The first-order chi connectivity index (χ1) is 17.6. The molecule has 0 atom stereocenters. The number of aliphatic carboxylic acids is 1. The molecule has 2 heterocycles. The molecule has 0 saturated heterocycles. The van der Waals surface area contributed by atoms with Gasteiger partial charge in [0.1, 0.15) is 5.82 Å². The molecule has 5 nitrogen and oxygen atoms in total. The van der Waals surface area contributed by atoms with Gasteiger partial charge in [0, 0.05) is 29.7 Å². The maximum absolute atomic E-state index is 15.3. The Bertz CT molecular complexity index is 1750. The summed E-state index contributed by atoms with van der Waals surface area (Å²) in [5.74, 6) is -1.35. The van der Waals surface area contributed by atoms with Gasteiger partial charge < -0.3 is 5.11 Å². The van der Waals surface area contributed by atoms with Crippen molar-refractivity contribution in [2.24, 2.45) is 0 Å². The van der Waals surface area contributed by atoms with Crippen LogP contribution in [0.4, 0.5) is 4.39 Å². The van der Waals surface area contributed by atoms with E-state index in [1.54, 1.807) is 12.1 Å². The lowest BCUT2D eigenvalue weighted by Crippen LogP contribution is -2.09. The molecule has 0 radical (unpaired) electrons. The first-order valence-electron chi connectivity index (χ1n) is 11.8. The minimum atomic E-state index is -0.970. The molecule has 0 aliphatic rings. The lowest BCUT2D eigenvalue weighted by molar-refractivity contribution is -0.136. The van der Waals surface area contributed by atoms with Crippen molar-refractivity contribution in [2.75, 3.05) is 0 Å². The van der Waals surface area contributed by atoms with Crippen LogP contribution in [-0.4, -0.2) is 25.4 Å². The fraction of sp³-hybridized carbons (Fsp3) is 0.100. The number of nitrogens with zero attached hydrogens (tertiary/aromatic N) is 3. The van der Waals surface area contributed by atoms with Crippen LogP contribution in [0.2, 0.25) is 0 Å². The van der Waals surface area contributed by atoms with E-state index < -0.39 is 5.97 Å². The Morgan fingerprint density at radius 3 is 2.00 bits per heavy atom. The van der Waals surface area contributed by atoms with Crippen LogP contribution in [0.5, 0.6) is 0 Å². The largest absolute Gasteiger partial charge is 0.481 e. The average Bonchev–Trinajstić information content (AvgIpc) is 3.24. The van der Waals surface area contributed by atoms with Crippen LogP contribution in [0.25, 0.3) is 27.5 Å². The summed E-state index contributed by atoms with van der Waals surface area (Å²) in [6.45, 7) is 0. The highest BCUT2D eigenvalue weighted by atomic mass is 19.1. The number of carbonyl (C=O) groups is 1. The minimum absolute atomic E-state index is 0.234. The quantitative estimate of drug-likeness (QED) is 0.301. The maximum atomic E-state index is 15.3. The number of halogens is 1. The van der Waals surface area contributed by atoms with Crippen molar-refractivity contribution in [1.29, 1.82) is 0 Å². The van der Waals surface area contributed by atoms with Gasteiger partial charge >= 0.3 is 5.97 Å². The molecule has 4 aromatic carbocycles. The van der Waals surface area contributed by atoms with E-state index in [0.29, 0.717) is 51.7 Å². The van der Waals surface area contributed by atoms with Crippen LogP contribution in [0.3, 0.4) is 0 Å². The highest BCUT2D eigenvalue weighted by Crippen LogP contribution is 2.31. The van der Waals surface area contributed by atoms with Crippen molar-refractivity contribution in [2.45, 2.75) is 19.3 Å². The van der Waals surface area contributed by atoms with E-state index in [2.05, 4.69) is 0 Å². The Morgan fingerprint density at radius 1 is 0.778 bits per heavy atom. The molecule has 0 unspecified atom stereocenters. The lowest BCUT2D eigenvalue weighted by Gasteiger charge is -2.12. The van der Waals surface area contributed by atoms with Crippen LogP contribution in [0.15, 0.2) is 91.0 Å². The normalized spacial score (nSPS) is 11.5. The molecule has 0 bridgehead atoms. The van der Waals surface area contributed by atoms with Crippen LogP contribution in [0.1, 0.15) is 28.2 Å². The number of carboxylic acid groups (broad SMARTS) is 1. The molecule has 1 N–H and O–H groups in total. The van der Waals surface area contributed by atoms with E-state index in [4.69, 9.17) is 9.97 Å². The molecule has 6 rings (SSSR count). The summed E-state index contributed by atoms with van der Waals surface area (Å²) < 4.78 is 17.1. The summed E-state index contributed by atoms with van der Waals surface area (Å²) in [6.07, 6.45) is 0.745. The van der Waals surface area contributed by atoms with Crippen molar-refractivity contribution in [3.8, 4) is 0 Å². The predicted octanol–water partition coefficient (Wildman–Crippen LogP) is 5.98. The SMILES string of the molecule is O=C(O)Cc1c(Cc2ccccc2)nc2c(Cc3ccccc3)nc3c4ccccc4c(F)cc3n12. The van der Waals surface area contributed by atoms with E-state index >= 15 is 4.39 Å². The Balaban J connectivity index is 1.70. The first-order valence-corrected chi connectivity index (χ1v) is 11.8. The maximum Gasteiger partial charge on any atom is 0.309 e. The number of imidazole rings is 1. The highest BCUT2D eigenvalue weighted by Gasteiger charge is 2.22. The molecular formula is C30H22FN3O2. The molecular weight excluding hydrogens is 453 g/mol. The third kappa shape index (κ3) is 3.86. The second-order valence-electron chi connectivity index (χ2n) is 8.89. The molecule has 0 spiro atoms. The number of hydrogen-bond acceptors (Lipinski definition) is 3. The molecule has 0 saturated carbocycles. The molecule has 0 amide bonds. The van der Waals surface area contributed by atoms with Crippen LogP contribution >= 0.6 is 0 Å². The molecule has 176 valence electrons. The number of aromatic nitrogens is 3. The van der Waals surface area contributed by atoms with Crippen molar-refractivity contribution in [1.82, 2.24) is 14.4 Å². The fourth-order valence-corrected chi connectivity index (χ4v) is 4.89. The summed E-state index contributed by atoms with van der Waals surface area (Å²) in [5, 5.41) is 11.0. The van der Waals surface area contributed by atoms with Gasteiger partial charge in [0.2, 0.25) is 0 Å². The van der Waals surface area contributed by atoms with Crippen LogP contribution in [0, 0.1) is 5.82 Å². The van der Waals surface area contributed by atoms with Gasteiger partial charge in [0.15, 0.2) is 5.65 Å². The number of benzene rings is 4. The van der Waals surface area contributed by atoms with Gasteiger partial charge in [-0.2, -0.15) is 0 Å². The second-order valence-corrected chi connectivity index (χ2v) is 8.89. The topological polar surface area (TPSA) is 67.5 Å². The average molecular weight is 476 g/mol. The zero-order valence-corrected chi connectivity index (χ0v) is 19.4. The molecule has 0 aliphatic heterocycles. The molecule has 6 heteroatoms. The number of carboxylic acids is 1. The summed E-state index contributed by atoms with van der Waals surface area (Å²) in [4.78, 5) is 21.9. The predicted molar refractivity (Wildman–Crippen MR) is 138 cm³/mol. The van der Waals surface area contributed by atoms with Gasteiger partial charge in [-0.05, 0) is 11.1 Å². The van der Waals surface area contributed by atoms with Crippen molar-refractivity contribution < 1.29 is 14.3 Å². The van der Waals surface area contributed by atoms with E-state index in [1.807, 2.05) is 77.2 Å². The second kappa shape index (κ2) is 8.89. The summed E-state index contributed by atoms with van der Waals surface area (Å²) in [7, 11) is 0. The van der Waals surface area contributed by atoms with Gasteiger partial charge in [-0.1, -0.05) is 84.9 Å². The molecule has 36 heavy (non-hydrogen) atoms. The Morgan fingerprint density at radius 2 is 1.36 bits per heavy atom. The third-order valence-electron chi connectivity index (χ3n) is 6.49. The smallest absolute Gasteiger partial charge is 0.309 e. The van der Waals surface area contributed by atoms with Gasteiger partial charge in [-0.25, -0.2) is 14.4 Å². The minimum Gasteiger partial charge on any atom is -0.481 e. The highest BCUT2D eigenvalue weighted by molar-refractivity contribution is 6.05. The first kappa shape index (κ1) is 21.9. The summed E-state index contributed by atoms with van der Waals surface area (Å²) >= 11 is 0. The van der Waals surface area contributed by atoms with E-state index in [1.165, 1.54) is 6.07 Å². The van der Waals surface area contributed by atoms with Crippen molar-refractivity contribution in [3.63, 3.8) is 0 Å². The summed E-state index contributed by atoms with van der Waals surface area (Å²) in [5.41, 5.74) is 5.69. The molecule has 6 aromatic rings. The van der Waals surface area contributed by atoms with Gasteiger partial charge in [-0.15, -0.1) is 0 Å². The molecule has 0 fully saturated rings. The standard InChI is InChI=1S/C30H22FN3O2/c31-23-17-27-29(22-14-8-7-13-21(22)23)32-25(16-20-11-5-2-6-12-20)30-33-24(15-19-9-3-1-4-10-19)26(34(27)30)18-28(35)36/h1-14,17H,15-16,18H2,(H,35,36). The number of hydrogen-bond donors (Lipinski definition) is 1. The Kier molecular flexibility index (Phi) is 5.41. The van der Waals surface area contributed by atoms with E-state index in [9.17, 15) is 9.90 Å². The van der Waals surface area contributed by atoms with Crippen LogP contribution in [-0.2, 0) is 24.1 Å². The number of fused-ring (bicyclic) bond motifs is 5. The van der Waals surface area contributed by atoms with Gasteiger partial charge in [0.05, 0.1) is 34.5 Å². The molecule has 2 aromatic heterocycles. The van der Waals surface area contributed by atoms with Crippen molar-refractivity contribution >= 4 is 33.4 Å². The van der Waals surface area contributed by atoms with Gasteiger partial charge in [-0.3, -0.25) is 9.20 Å². The monoisotopic (exact) mass is 475 g/mol. The fourth-order valence-electron chi connectivity index (χ4n) is 4.89. The van der Waals surface area contributed by atoms with E-state index in [-0.39, 0.29) is 12.2 Å². The van der Waals surface area contributed by atoms with Crippen LogP contribution < -0.4 is 0 Å². The third-order valence-corrected chi connectivity index (χ3v) is 6.49. The lowest BCUT2D eigenvalue weighted by atomic mass is 10.1. The van der Waals surface area contributed by atoms with Gasteiger partial charge in [0.25, 0.3) is 0 Å². The Labute approximate surface area is 206 Å². The summed E-state index contributed by atoms with van der Waals surface area (Å²) in [6, 6.07) is 28.5. The molecule has 0 aliphatic carbocycles. The zero-order chi connectivity index (χ0) is 24.6.